The van der Waals surface area contributed by atoms with Gasteiger partial charge >= 0.3 is 6.09 Å². The molecule has 0 aromatic rings. The van der Waals surface area contributed by atoms with Crippen LogP contribution >= 0.6 is 0 Å². The first-order valence-corrected chi connectivity index (χ1v) is 5.31. The van der Waals surface area contributed by atoms with Crippen LogP contribution in [0.2, 0.25) is 0 Å². The molecule has 1 heterocycles. The van der Waals surface area contributed by atoms with Crippen molar-refractivity contribution in [2.45, 2.75) is 19.8 Å². The van der Waals surface area contributed by atoms with Gasteiger partial charge in [-0.3, -0.25) is 0 Å². The molecule has 0 aliphatic carbocycles. The minimum absolute atomic E-state index is 0.286. The van der Waals surface area contributed by atoms with E-state index in [0.29, 0.717) is 12.5 Å². The number of hydrogen-bond acceptors (Lipinski definition) is 3. The largest absolute Gasteiger partial charge is 0.450 e. The van der Waals surface area contributed by atoms with E-state index in [4.69, 9.17) is 4.74 Å². The van der Waals surface area contributed by atoms with Crippen molar-refractivity contribution in [3.63, 3.8) is 0 Å². The first-order valence-electron chi connectivity index (χ1n) is 5.31. The third kappa shape index (κ3) is 4.00. The summed E-state index contributed by atoms with van der Waals surface area (Å²) in [7, 11) is 2.13. The van der Waals surface area contributed by atoms with Gasteiger partial charge in [0.2, 0.25) is 0 Å². The highest BCUT2D eigenvalue weighted by molar-refractivity contribution is 6.04. The molecule has 5 heteroatoms. The molecular formula is C9H19BN2O2. The van der Waals surface area contributed by atoms with E-state index in [9.17, 15) is 4.79 Å². The van der Waals surface area contributed by atoms with Crippen molar-refractivity contribution in [3.8, 4) is 0 Å². The van der Waals surface area contributed by atoms with Gasteiger partial charge in [0.15, 0.2) is 7.98 Å². The third-order valence-corrected chi connectivity index (χ3v) is 2.65. The van der Waals surface area contributed by atoms with Crippen LogP contribution in [0.25, 0.3) is 0 Å². The average Bonchev–Trinajstić information content (AvgIpc) is 2.17. The number of carbonyl (C=O) groups is 1. The van der Waals surface area contributed by atoms with Crippen molar-refractivity contribution in [3.05, 3.63) is 0 Å². The molecule has 0 saturated carbocycles. The summed E-state index contributed by atoms with van der Waals surface area (Å²) >= 11 is 0. The van der Waals surface area contributed by atoms with Gasteiger partial charge in [-0.2, -0.15) is 0 Å². The fraction of sp³-hybridized carbons (Fsp3) is 0.889. The van der Waals surface area contributed by atoms with Gasteiger partial charge in [0.25, 0.3) is 0 Å². The second-order valence-corrected chi connectivity index (χ2v) is 3.85. The fourth-order valence-electron chi connectivity index (χ4n) is 1.68. The molecule has 4 nitrogen and oxygen atoms in total. The normalized spacial score (nSPS) is 19.2. The van der Waals surface area contributed by atoms with E-state index in [-0.39, 0.29) is 6.09 Å². The zero-order valence-electron chi connectivity index (χ0n) is 9.08. The Morgan fingerprint density at radius 1 is 1.57 bits per heavy atom. The number of carbonyl (C=O) groups excluding carboxylic acids is 1. The van der Waals surface area contributed by atoms with E-state index in [0.717, 1.165) is 19.6 Å². The lowest BCUT2D eigenvalue weighted by molar-refractivity contribution is 0.148. The molecule has 1 aliphatic rings. The molecular weight excluding hydrogens is 179 g/mol. The fourth-order valence-corrected chi connectivity index (χ4v) is 1.68. The second kappa shape index (κ2) is 5.91. The summed E-state index contributed by atoms with van der Waals surface area (Å²) < 4.78 is 4.79. The highest BCUT2D eigenvalue weighted by Gasteiger charge is 2.16. The Morgan fingerprint density at radius 3 is 2.79 bits per heavy atom. The van der Waals surface area contributed by atoms with E-state index in [2.05, 4.69) is 18.1 Å². The number of amides is 1. The second-order valence-electron chi connectivity index (χ2n) is 3.85. The van der Waals surface area contributed by atoms with E-state index in [1.54, 1.807) is 0 Å². The molecule has 80 valence electrons. The van der Waals surface area contributed by atoms with Crippen molar-refractivity contribution < 1.29 is 9.53 Å². The zero-order valence-corrected chi connectivity index (χ0v) is 9.08. The molecule has 1 N–H and O–H groups in total. The van der Waals surface area contributed by atoms with Gasteiger partial charge in [0.05, 0.1) is 6.61 Å². The van der Waals surface area contributed by atoms with Gasteiger partial charge in [-0.25, -0.2) is 4.79 Å². The molecule has 0 aromatic heterocycles. The molecule has 14 heavy (non-hydrogen) atoms. The minimum Gasteiger partial charge on any atom is -0.450 e. The quantitative estimate of drug-likeness (QED) is 0.648. The zero-order chi connectivity index (χ0) is 10.4. The maximum absolute atomic E-state index is 11.0. The van der Waals surface area contributed by atoms with Crippen molar-refractivity contribution in [1.82, 2.24) is 10.1 Å². The number of alkyl carbamates (subject to hydrolysis) is 1. The molecule has 1 amide bonds. The molecule has 0 unspecified atom stereocenters. The van der Waals surface area contributed by atoms with Gasteiger partial charge in [0.1, 0.15) is 0 Å². The first kappa shape index (κ1) is 11.4. The maximum Gasteiger partial charge on any atom is 0.407 e. The van der Waals surface area contributed by atoms with Gasteiger partial charge < -0.3 is 14.9 Å². The van der Waals surface area contributed by atoms with Gasteiger partial charge in [0, 0.05) is 6.54 Å². The van der Waals surface area contributed by atoms with Crippen LogP contribution < -0.4 is 5.32 Å². The predicted octanol–water partition coefficient (Wildman–Crippen LogP) is -0.00740. The molecule has 0 bridgehead atoms. The van der Waals surface area contributed by atoms with Crippen LogP contribution in [0, 0.1) is 5.92 Å². The number of piperidine rings is 1. The standard InChI is InChI=1S/C9H19BN2O2/c1-2-14-9(13)11-7-8-3-5-12(10)6-4-8/h8H,2-7,10H2,1H3,(H,11,13). The molecule has 1 rings (SSSR count). The Morgan fingerprint density at radius 2 is 2.21 bits per heavy atom. The Kier molecular flexibility index (Phi) is 4.80. The summed E-state index contributed by atoms with van der Waals surface area (Å²) in [6.07, 6.45) is 2.05. The van der Waals surface area contributed by atoms with Crippen LogP contribution in [-0.2, 0) is 4.74 Å². The van der Waals surface area contributed by atoms with Crippen LogP contribution in [0.15, 0.2) is 0 Å². The number of ether oxygens (including phenoxy) is 1. The lowest BCUT2D eigenvalue weighted by atomic mass is 9.95. The van der Waals surface area contributed by atoms with E-state index < -0.39 is 0 Å². The lowest BCUT2D eigenvalue weighted by Crippen LogP contribution is -2.37. The van der Waals surface area contributed by atoms with Crippen molar-refractivity contribution in [2.75, 3.05) is 26.2 Å². The van der Waals surface area contributed by atoms with Crippen LogP contribution in [-0.4, -0.2) is 45.1 Å². The Labute approximate surface area is 86.4 Å². The third-order valence-electron chi connectivity index (χ3n) is 2.65. The lowest BCUT2D eigenvalue weighted by Gasteiger charge is -2.29. The Bertz CT molecular complexity index is 182. The smallest absolute Gasteiger partial charge is 0.407 e. The molecule has 0 atom stereocenters. The molecule has 1 fully saturated rings. The average molecular weight is 198 g/mol. The van der Waals surface area contributed by atoms with Gasteiger partial charge in [-0.15, -0.1) is 0 Å². The molecule has 1 aliphatic heterocycles. The maximum atomic E-state index is 11.0. The first-order chi connectivity index (χ1) is 6.72. The van der Waals surface area contributed by atoms with Gasteiger partial charge in [-0.1, -0.05) is 0 Å². The van der Waals surface area contributed by atoms with Crippen molar-refractivity contribution in [1.29, 1.82) is 0 Å². The van der Waals surface area contributed by atoms with Crippen LogP contribution in [0.3, 0.4) is 0 Å². The molecule has 0 radical (unpaired) electrons. The SMILES string of the molecule is BN1CCC(CNC(=O)OCC)CC1. The summed E-state index contributed by atoms with van der Waals surface area (Å²) in [6, 6.07) is 0. The van der Waals surface area contributed by atoms with Gasteiger partial charge in [-0.05, 0) is 38.8 Å². The van der Waals surface area contributed by atoms with Crippen molar-refractivity contribution in [2.24, 2.45) is 5.92 Å². The minimum atomic E-state index is -0.286. The summed E-state index contributed by atoms with van der Waals surface area (Å²) in [6.45, 7) is 5.28. The highest BCUT2D eigenvalue weighted by Crippen LogP contribution is 2.14. The number of rotatable bonds is 3. The highest BCUT2D eigenvalue weighted by atomic mass is 16.5. The monoisotopic (exact) mass is 198 g/mol. The molecule has 1 saturated heterocycles. The summed E-state index contributed by atoms with van der Waals surface area (Å²) in [5.41, 5.74) is 0. The number of nitrogens with one attached hydrogen (secondary N) is 1. The number of nitrogens with zero attached hydrogens (tertiary/aromatic N) is 1. The Hall–Kier alpha value is -0.705. The molecule has 0 aromatic carbocycles. The Balaban J connectivity index is 2.09. The summed E-state index contributed by atoms with van der Waals surface area (Å²) in [5, 5.41) is 2.79. The van der Waals surface area contributed by atoms with E-state index in [1.807, 2.05) is 6.92 Å². The summed E-state index contributed by atoms with van der Waals surface area (Å²) in [4.78, 5) is 13.3. The number of hydrogen-bond donors (Lipinski definition) is 1. The van der Waals surface area contributed by atoms with Crippen LogP contribution in [0.1, 0.15) is 19.8 Å². The topological polar surface area (TPSA) is 41.6 Å². The van der Waals surface area contributed by atoms with E-state index >= 15 is 0 Å². The van der Waals surface area contributed by atoms with Crippen LogP contribution in [0.5, 0.6) is 0 Å². The van der Waals surface area contributed by atoms with Crippen LogP contribution in [0.4, 0.5) is 4.79 Å². The van der Waals surface area contributed by atoms with Crippen molar-refractivity contribution >= 4 is 14.1 Å². The predicted molar refractivity (Wildman–Crippen MR) is 57.9 cm³/mol. The van der Waals surface area contributed by atoms with E-state index in [1.165, 1.54) is 12.8 Å². The molecule has 0 spiro atoms. The summed E-state index contributed by atoms with van der Waals surface area (Å²) in [5.74, 6) is 0.621.